The molecule has 1 fully saturated rings. The highest BCUT2D eigenvalue weighted by Crippen LogP contribution is 2.24. The van der Waals surface area contributed by atoms with Crippen LogP contribution in [0.1, 0.15) is 25.7 Å². The summed E-state index contributed by atoms with van der Waals surface area (Å²) in [5.41, 5.74) is 0. The number of benzene rings is 1. The van der Waals surface area contributed by atoms with Crippen LogP contribution >= 0.6 is 15.9 Å². The average molecular weight is 348 g/mol. The Hall–Kier alpha value is -0.430. The van der Waals surface area contributed by atoms with Crippen molar-refractivity contribution in [3.8, 4) is 0 Å². The lowest BCUT2D eigenvalue weighted by molar-refractivity contribution is 0.102. The molecule has 0 radical (unpaired) electrons. The van der Waals surface area contributed by atoms with Crippen LogP contribution in [0.15, 0.2) is 33.6 Å². The average Bonchev–Trinajstić information content (AvgIpc) is 2.37. The fourth-order valence-electron chi connectivity index (χ4n) is 2.37. The predicted octanol–water partition coefficient (Wildman–Crippen LogP) is 2.28. The molecule has 0 saturated heterocycles. The van der Waals surface area contributed by atoms with E-state index in [9.17, 15) is 13.5 Å². The molecule has 1 aliphatic carbocycles. The van der Waals surface area contributed by atoms with Crippen LogP contribution in [0.4, 0.5) is 0 Å². The van der Waals surface area contributed by atoms with Gasteiger partial charge in [0.05, 0.1) is 11.0 Å². The number of hydrogen-bond donors (Lipinski definition) is 2. The molecule has 0 amide bonds. The van der Waals surface area contributed by atoms with Crippen molar-refractivity contribution >= 4 is 26.0 Å². The number of hydrogen-bond acceptors (Lipinski definition) is 3. The number of rotatable bonds is 4. The molecule has 0 aromatic heterocycles. The second-order valence-corrected chi connectivity index (χ2v) is 7.67. The molecular formula is C13H18BrNO3S. The second-order valence-electron chi connectivity index (χ2n) is 4.99. The van der Waals surface area contributed by atoms with E-state index >= 15 is 0 Å². The molecule has 0 heterocycles. The highest BCUT2D eigenvalue weighted by molar-refractivity contribution is 9.10. The maximum atomic E-state index is 12.1. The summed E-state index contributed by atoms with van der Waals surface area (Å²) in [6.07, 6.45) is 3.17. The van der Waals surface area contributed by atoms with Crippen molar-refractivity contribution < 1.29 is 13.5 Å². The standard InChI is InChI=1S/C13H18BrNO3S/c14-11-4-6-13(7-5-11)19(17,18)15-9-10-2-1-3-12(16)8-10/h4-7,10,12,15-16H,1-3,8-9H2. The van der Waals surface area contributed by atoms with Crippen molar-refractivity contribution in [2.24, 2.45) is 5.92 Å². The minimum absolute atomic E-state index is 0.231. The first-order valence-corrected chi connectivity index (χ1v) is 8.68. The van der Waals surface area contributed by atoms with E-state index < -0.39 is 10.0 Å². The fourth-order valence-corrected chi connectivity index (χ4v) is 3.75. The molecule has 106 valence electrons. The highest BCUT2D eigenvalue weighted by Gasteiger charge is 2.22. The van der Waals surface area contributed by atoms with Crippen molar-refractivity contribution in [2.75, 3.05) is 6.54 Å². The predicted molar refractivity (Wildman–Crippen MR) is 77.3 cm³/mol. The number of nitrogens with one attached hydrogen (secondary N) is 1. The zero-order valence-corrected chi connectivity index (χ0v) is 13.0. The van der Waals surface area contributed by atoms with Gasteiger partial charge in [0.2, 0.25) is 10.0 Å². The van der Waals surface area contributed by atoms with Crippen molar-refractivity contribution in [1.82, 2.24) is 4.72 Å². The molecule has 1 aromatic carbocycles. The summed E-state index contributed by atoms with van der Waals surface area (Å²) in [5, 5.41) is 9.57. The third-order valence-corrected chi connectivity index (χ3v) is 5.41. The van der Waals surface area contributed by atoms with Crippen molar-refractivity contribution in [3.63, 3.8) is 0 Å². The first-order valence-electron chi connectivity index (χ1n) is 6.40. The Bertz CT molecular complexity index is 515. The Morgan fingerprint density at radius 3 is 2.58 bits per heavy atom. The normalized spacial score (nSPS) is 24.3. The van der Waals surface area contributed by atoms with Gasteiger partial charge in [0.15, 0.2) is 0 Å². The van der Waals surface area contributed by atoms with Gasteiger partial charge in [0, 0.05) is 11.0 Å². The third kappa shape index (κ3) is 4.27. The Kier molecular flexibility index (Phi) is 5.00. The van der Waals surface area contributed by atoms with Crippen LogP contribution in [0.25, 0.3) is 0 Å². The van der Waals surface area contributed by atoms with Gasteiger partial charge in [0.1, 0.15) is 0 Å². The first kappa shape index (κ1) is 15.0. The van der Waals surface area contributed by atoms with E-state index in [4.69, 9.17) is 0 Å². The quantitative estimate of drug-likeness (QED) is 0.877. The summed E-state index contributed by atoms with van der Waals surface area (Å²) in [6.45, 7) is 0.398. The van der Waals surface area contributed by atoms with Gasteiger partial charge >= 0.3 is 0 Å². The van der Waals surface area contributed by atoms with E-state index in [1.165, 1.54) is 0 Å². The summed E-state index contributed by atoms with van der Waals surface area (Å²) in [4.78, 5) is 0.270. The first-order chi connectivity index (χ1) is 8.97. The number of aliphatic hydroxyl groups is 1. The Labute approximate surface area is 122 Å². The van der Waals surface area contributed by atoms with Gasteiger partial charge < -0.3 is 5.11 Å². The lowest BCUT2D eigenvalue weighted by Gasteiger charge is -2.25. The van der Waals surface area contributed by atoms with Crippen LogP contribution in [0, 0.1) is 5.92 Å². The largest absolute Gasteiger partial charge is 0.393 e. The molecule has 4 nitrogen and oxygen atoms in total. The smallest absolute Gasteiger partial charge is 0.240 e. The molecule has 1 aliphatic rings. The molecule has 2 rings (SSSR count). The molecule has 2 atom stereocenters. The SMILES string of the molecule is O=S(=O)(NCC1CCCC(O)C1)c1ccc(Br)cc1. The minimum atomic E-state index is -3.45. The molecule has 2 unspecified atom stereocenters. The van der Waals surface area contributed by atoms with Crippen LogP contribution in [0.3, 0.4) is 0 Å². The van der Waals surface area contributed by atoms with Gasteiger partial charge in [-0.1, -0.05) is 22.4 Å². The molecule has 19 heavy (non-hydrogen) atoms. The molecule has 1 aromatic rings. The molecule has 2 N–H and O–H groups in total. The Morgan fingerprint density at radius 1 is 1.26 bits per heavy atom. The van der Waals surface area contributed by atoms with E-state index in [0.717, 1.165) is 23.7 Å². The highest BCUT2D eigenvalue weighted by atomic mass is 79.9. The van der Waals surface area contributed by atoms with E-state index in [2.05, 4.69) is 20.7 Å². The van der Waals surface area contributed by atoms with E-state index in [1.807, 2.05) is 0 Å². The number of sulfonamides is 1. The van der Waals surface area contributed by atoms with Crippen LogP contribution in [-0.4, -0.2) is 26.2 Å². The minimum Gasteiger partial charge on any atom is -0.393 e. The van der Waals surface area contributed by atoms with E-state index in [0.29, 0.717) is 13.0 Å². The van der Waals surface area contributed by atoms with Gasteiger partial charge in [-0.2, -0.15) is 0 Å². The van der Waals surface area contributed by atoms with E-state index in [-0.39, 0.29) is 16.9 Å². The van der Waals surface area contributed by atoms with Gasteiger partial charge in [0.25, 0.3) is 0 Å². The van der Waals surface area contributed by atoms with Gasteiger partial charge in [-0.25, -0.2) is 13.1 Å². The molecule has 0 spiro atoms. The van der Waals surface area contributed by atoms with Crippen LogP contribution in [-0.2, 0) is 10.0 Å². The molecule has 6 heteroatoms. The summed E-state index contributed by atoms with van der Waals surface area (Å²) < 4.78 is 27.6. The maximum Gasteiger partial charge on any atom is 0.240 e. The molecule has 0 bridgehead atoms. The molecular weight excluding hydrogens is 330 g/mol. The van der Waals surface area contributed by atoms with Crippen LogP contribution in [0.5, 0.6) is 0 Å². The summed E-state index contributed by atoms with van der Waals surface area (Å²) in [7, 11) is -3.45. The van der Waals surface area contributed by atoms with Gasteiger partial charge in [-0.15, -0.1) is 0 Å². The van der Waals surface area contributed by atoms with Gasteiger partial charge in [-0.3, -0.25) is 0 Å². The number of aliphatic hydroxyl groups excluding tert-OH is 1. The Balaban J connectivity index is 1.96. The fraction of sp³-hybridized carbons (Fsp3) is 0.538. The summed E-state index contributed by atoms with van der Waals surface area (Å²) in [5.74, 6) is 0.231. The lowest BCUT2D eigenvalue weighted by atomic mass is 9.87. The third-order valence-electron chi connectivity index (χ3n) is 3.44. The maximum absolute atomic E-state index is 12.1. The zero-order chi connectivity index (χ0) is 13.9. The monoisotopic (exact) mass is 347 g/mol. The molecule has 0 aliphatic heterocycles. The number of halogens is 1. The topological polar surface area (TPSA) is 66.4 Å². The molecule has 1 saturated carbocycles. The van der Waals surface area contributed by atoms with Crippen molar-refractivity contribution in [3.05, 3.63) is 28.7 Å². The van der Waals surface area contributed by atoms with E-state index in [1.54, 1.807) is 24.3 Å². The summed E-state index contributed by atoms with van der Waals surface area (Å²) >= 11 is 3.28. The van der Waals surface area contributed by atoms with Crippen molar-refractivity contribution in [2.45, 2.75) is 36.7 Å². The van der Waals surface area contributed by atoms with Crippen LogP contribution in [0.2, 0.25) is 0 Å². The summed E-state index contributed by atoms with van der Waals surface area (Å²) in [6, 6.07) is 6.56. The Morgan fingerprint density at radius 2 is 1.95 bits per heavy atom. The zero-order valence-electron chi connectivity index (χ0n) is 10.5. The lowest BCUT2D eigenvalue weighted by Crippen LogP contribution is -2.33. The van der Waals surface area contributed by atoms with Crippen molar-refractivity contribution in [1.29, 1.82) is 0 Å². The van der Waals surface area contributed by atoms with Crippen LogP contribution < -0.4 is 4.72 Å². The van der Waals surface area contributed by atoms with Gasteiger partial charge in [-0.05, 0) is 49.4 Å². The second kappa shape index (κ2) is 6.35.